The lowest BCUT2D eigenvalue weighted by atomic mass is 9.75. The largest absolute Gasteiger partial charge is 0.396 e. The normalized spacial score (nSPS) is 23.4. The Morgan fingerprint density at radius 3 is 2.88 bits per heavy atom. The van der Waals surface area contributed by atoms with Gasteiger partial charge >= 0.3 is 0 Å². The Morgan fingerprint density at radius 1 is 1.47 bits per heavy atom. The summed E-state index contributed by atoms with van der Waals surface area (Å²) in [5, 5.41) is 3.50. The van der Waals surface area contributed by atoms with E-state index in [9.17, 15) is 0 Å². The molecule has 17 heavy (non-hydrogen) atoms. The zero-order chi connectivity index (χ0) is 12.5. The van der Waals surface area contributed by atoms with Crippen LogP contribution in [0.15, 0.2) is 12.3 Å². The van der Waals surface area contributed by atoms with Crippen molar-refractivity contribution in [3.05, 3.63) is 17.8 Å². The fourth-order valence-corrected chi connectivity index (χ4v) is 2.73. The predicted octanol–water partition coefficient (Wildman–Crippen LogP) is 3.35. The van der Waals surface area contributed by atoms with Crippen molar-refractivity contribution in [2.45, 2.75) is 52.5 Å². The highest BCUT2D eigenvalue weighted by Gasteiger charge is 2.28. The molecule has 0 spiro atoms. The van der Waals surface area contributed by atoms with Crippen molar-refractivity contribution in [3.8, 4) is 0 Å². The van der Waals surface area contributed by atoms with Gasteiger partial charge in [-0.15, -0.1) is 0 Å². The Bertz CT molecular complexity index is 398. The molecule has 0 amide bonds. The fraction of sp³-hybridized carbons (Fsp3) is 0.643. The van der Waals surface area contributed by atoms with Gasteiger partial charge in [0.15, 0.2) is 0 Å². The molecule has 0 bridgehead atoms. The van der Waals surface area contributed by atoms with Crippen molar-refractivity contribution < 1.29 is 0 Å². The van der Waals surface area contributed by atoms with Crippen molar-refractivity contribution in [1.29, 1.82) is 0 Å². The molecule has 3 N–H and O–H groups in total. The third-order valence-corrected chi connectivity index (χ3v) is 3.60. The molecule has 1 aromatic heterocycles. The zero-order valence-electron chi connectivity index (χ0n) is 11.1. The molecule has 0 saturated heterocycles. The van der Waals surface area contributed by atoms with E-state index in [4.69, 9.17) is 5.73 Å². The van der Waals surface area contributed by atoms with Crippen LogP contribution in [0, 0.1) is 12.3 Å². The summed E-state index contributed by atoms with van der Waals surface area (Å²) in [5.74, 6) is 0.846. The van der Waals surface area contributed by atoms with Gasteiger partial charge in [0.25, 0.3) is 0 Å². The van der Waals surface area contributed by atoms with Crippen molar-refractivity contribution >= 4 is 11.5 Å². The van der Waals surface area contributed by atoms with Gasteiger partial charge in [-0.05, 0) is 43.2 Å². The molecule has 1 aliphatic carbocycles. The van der Waals surface area contributed by atoms with E-state index in [1.165, 1.54) is 25.7 Å². The summed E-state index contributed by atoms with van der Waals surface area (Å²) in [5.41, 5.74) is 8.29. The monoisotopic (exact) mass is 233 g/mol. The molecule has 1 atom stereocenters. The maximum Gasteiger partial charge on any atom is 0.149 e. The summed E-state index contributed by atoms with van der Waals surface area (Å²) in [6, 6.07) is 2.49. The van der Waals surface area contributed by atoms with Gasteiger partial charge in [-0.2, -0.15) is 0 Å². The number of rotatable bonds is 2. The molecule has 0 aliphatic heterocycles. The van der Waals surface area contributed by atoms with Crippen molar-refractivity contribution in [2.75, 3.05) is 11.1 Å². The highest BCUT2D eigenvalue weighted by molar-refractivity contribution is 5.62. The van der Waals surface area contributed by atoms with Crippen LogP contribution in [0.2, 0.25) is 0 Å². The van der Waals surface area contributed by atoms with Gasteiger partial charge in [0, 0.05) is 12.2 Å². The molecule has 1 fully saturated rings. The highest BCUT2D eigenvalue weighted by atomic mass is 15.0. The van der Waals surface area contributed by atoms with E-state index in [0.717, 1.165) is 17.1 Å². The number of nitrogen functional groups attached to an aromatic ring is 1. The van der Waals surface area contributed by atoms with Crippen LogP contribution in [0.4, 0.5) is 11.5 Å². The zero-order valence-corrected chi connectivity index (χ0v) is 11.1. The van der Waals surface area contributed by atoms with E-state index >= 15 is 0 Å². The summed E-state index contributed by atoms with van der Waals surface area (Å²) in [4.78, 5) is 4.38. The number of aromatic nitrogens is 1. The minimum absolute atomic E-state index is 0.440. The third-order valence-electron chi connectivity index (χ3n) is 3.60. The maximum atomic E-state index is 5.98. The molecule has 2 rings (SSSR count). The molecule has 1 unspecified atom stereocenters. The molecule has 1 aliphatic rings. The Balaban J connectivity index is 2.05. The molecule has 94 valence electrons. The van der Waals surface area contributed by atoms with Gasteiger partial charge in [-0.25, -0.2) is 4.98 Å². The van der Waals surface area contributed by atoms with Gasteiger partial charge in [0.05, 0.1) is 5.69 Å². The summed E-state index contributed by atoms with van der Waals surface area (Å²) in [6.45, 7) is 6.69. The van der Waals surface area contributed by atoms with Crippen LogP contribution in [0.1, 0.15) is 45.1 Å². The topological polar surface area (TPSA) is 50.9 Å². The molecule has 3 nitrogen and oxygen atoms in total. The molecule has 1 aromatic rings. The molecule has 1 heterocycles. The average Bonchev–Trinajstić information content (AvgIpc) is 2.21. The number of nitrogens with one attached hydrogen (secondary N) is 1. The SMILES string of the molecule is Cc1cnc(NC2CCCC(C)(C)C2)c(N)c1. The van der Waals surface area contributed by atoms with Crippen LogP contribution in [0.25, 0.3) is 0 Å². The molecule has 1 saturated carbocycles. The first-order chi connectivity index (χ1) is 7.96. The number of aryl methyl sites for hydroxylation is 1. The fourth-order valence-electron chi connectivity index (χ4n) is 2.73. The van der Waals surface area contributed by atoms with Crippen LogP contribution >= 0.6 is 0 Å². The van der Waals surface area contributed by atoms with Crippen LogP contribution in [-0.2, 0) is 0 Å². The first-order valence-corrected chi connectivity index (χ1v) is 6.45. The lowest BCUT2D eigenvalue weighted by Crippen LogP contribution is -2.32. The average molecular weight is 233 g/mol. The summed E-state index contributed by atoms with van der Waals surface area (Å²) in [7, 11) is 0. The van der Waals surface area contributed by atoms with Gasteiger partial charge in [-0.3, -0.25) is 0 Å². The quantitative estimate of drug-likeness (QED) is 0.823. The van der Waals surface area contributed by atoms with Crippen LogP contribution < -0.4 is 11.1 Å². The predicted molar refractivity (Wildman–Crippen MR) is 73.0 cm³/mol. The van der Waals surface area contributed by atoms with E-state index in [2.05, 4.69) is 24.1 Å². The van der Waals surface area contributed by atoms with Gasteiger partial charge < -0.3 is 11.1 Å². The second kappa shape index (κ2) is 4.55. The number of anilines is 2. The standard InChI is InChI=1S/C14H23N3/c1-10-7-12(15)13(16-9-10)17-11-5-4-6-14(2,3)8-11/h7,9,11H,4-6,8,15H2,1-3H3,(H,16,17). The number of nitrogens with two attached hydrogens (primary N) is 1. The first-order valence-electron chi connectivity index (χ1n) is 6.45. The van der Waals surface area contributed by atoms with Crippen molar-refractivity contribution in [1.82, 2.24) is 4.98 Å². The first kappa shape index (κ1) is 12.2. The van der Waals surface area contributed by atoms with E-state index in [0.29, 0.717) is 11.5 Å². The Kier molecular flexibility index (Phi) is 3.27. The molecule has 0 radical (unpaired) electrons. The van der Waals surface area contributed by atoms with Gasteiger partial charge in [-0.1, -0.05) is 20.3 Å². The Morgan fingerprint density at radius 2 is 2.24 bits per heavy atom. The molecule has 0 aromatic carbocycles. The second-order valence-electron chi connectivity index (χ2n) is 6.05. The maximum absolute atomic E-state index is 5.98. The van der Waals surface area contributed by atoms with Crippen LogP contribution in [0.3, 0.4) is 0 Å². The number of hydrogen-bond acceptors (Lipinski definition) is 3. The highest BCUT2D eigenvalue weighted by Crippen LogP contribution is 2.36. The van der Waals surface area contributed by atoms with E-state index in [-0.39, 0.29) is 0 Å². The number of nitrogens with zero attached hydrogens (tertiary/aromatic N) is 1. The van der Waals surface area contributed by atoms with Gasteiger partial charge in [0.1, 0.15) is 5.82 Å². The van der Waals surface area contributed by atoms with Gasteiger partial charge in [0.2, 0.25) is 0 Å². The van der Waals surface area contributed by atoms with Crippen LogP contribution in [-0.4, -0.2) is 11.0 Å². The summed E-state index contributed by atoms with van der Waals surface area (Å²) < 4.78 is 0. The number of hydrogen-bond donors (Lipinski definition) is 2. The van der Waals surface area contributed by atoms with E-state index in [1.54, 1.807) is 0 Å². The van der Waals surface area contributed by atoms with E-state index < -0.39 is 0 Å². The third kappa shape index (κ3) is 3.11. The Labute approximate surface area is 104 Å². The Hall–Kier alpha value is -1.25. The van der Waals surface area contributed by atoms with Crippen LogP contribution in [0.5, 0.6) is 0 Å². The minimum Gasteiger partial charge on any atom is -0.396 e. The summed E-state index contributed by atoms with van der Waals surface area (Å²) in [6.07, 6.45) is 6.89. The molecular weight excluding hydrogens is 210 g/mol. The van der Waals surface area contributed by atoms with Crippen molar-refractivity contribution in [2.24, 2.45) is 5.41 Å². The second-order valence-corrected chi connectivity index (χ2v) is 6.05. The molecular formula is C14H23N3. The lowest BCUT2D eigenvalue weighted by molar-refractivity contribution is 0.229. The lowest BCUT2D eigenvalue weighted by Gasteiger charge is -2.35. The summed E-state index contributed by atoms with van der Waals surface area (Å²) >= 11 is 0. The molecule has 3 heteroatoms. The minimum atomic E-state index is 0.440. The van der Waals surface area contributed by atoms with Crippen molar-refractivity contribution in [3.63, 3.8) is 0 Å². The van der Waals surface area contributed by atoms with E-state index in [1.807, 2.05) is 19.2 Å². The number of pyridine rings is 1. The smallest absolute Gasteiger partial charge is 0.149 e.